The van der Waals surface area contributed by atoms with Crippen molar-refractivity contribution in [2.24, 2.45) is 0 Å². The van der Waals surface area contributed by atoms with E-state index in [1.165, 1.54) is 0 Å². The largest absolute Gasteiger partial charge is 0.373 e. The number of aldehydes is 1. The molecule has 0 unspecified atom stereocenters. The van der Waals surface area contributed by atoms with E-state index in [1.807, 2.05) is 24.9 Å². The molecule has 0 spiro atoms. The van der Waals surface area contributed by atoms with Crippen molar-refractivity contribution < 1.29 is 4.79 Å². The lowest BCUT2D eigenvalue weighted by Gasteiger charge is -2.20. The molecule has 1 rings (SSSR count). The third-order valence-electron chi connectivity index (χ3n) is 2.22. The van der Waals surface area contributed by atoms with Crippen LogP contribution >= 0.6 is 23.2 Å². The second-order valence-electron chi connectivity index (χ2n) is 3.43. The Morgan fingerprint density at radius 1 is 1.33 bits per heavy atom. The molecule has 0 radical (unpaired) electrons. The Hall–Kier alpha value is -0.730. The molecule has 4 heteroatoms. The number of anilines is 1. The minimum Gasteiger partial charge on any atom is -0.373 e. The quantitative estimate of drug-likeness (QED) is 0.759. The van der Waals surface area contributed by atoms with Crippen LogP contribution in [0.1, 0.15) is 12.0 Å². The summed E-state index contributed by atoms with van der Waals surface area (Å²) >= 11 is 12.0. The molecule has 0 aromatic heterocycles. The van der Waals surface area contributed by atoms with Gasteiger partial charge in [-0.05, 0) is 24.6 Å². The molecule has 1 aromatic rings. The number of carbonyl (C=O) groups excluding carboxylic acids is 1. The average molecular weight is 246 g/mol. The zero-order valence-electron chi connectivity index (χ0n) is 8.76. The first-order valence-corrected chi connectivity index (χ1v) is 5.42. The topological polar surface area (TPSA) is 20.3 Å². The first-order chi connectivity index (χ1) is 7.06. The summed E-state index contributed by atoms with van der Waals surface area (Å²) in [6.07, 6.45) is 1.39. The van der Waals surface area contributed by atoms with Gasteiger partial charge < -0.3 is 9.69 Å². The van der Waals surface area contributed by atoms with Crippen LogP contribution in [-0.4, -0.2) is 19.9 Å². The van der Waals surface area contributed by atoms with Crippen LogP contribution in [0.3, 0.4) is 0 Å². The number of rotatable bonds is 4. The van der Waals surface area contributed by atoms with Crippen molar-refractivity contribution >= 4 is 35.2 Å². The van der Waals surface area contributed by atoms with Crippen LogP contribution in [0.5, 0.6) is 0 Å². The second kappa shape index (κ2) is 5.38. The van der Waals surface area contributed by atoms with Gasteiger partial charge in [0.2, 0.25) is 0 Å². The fourth-order valence-electron chi connectivity index (χ4n) is 1.30. The lowest BCUT2D eigenvalue weighted by atomic mass is 10.2. The van der Waals surface area contributed by atoms with Gasteiger partial charge >= 0.3 is 0 Å². The first-order valence-electron chi connectivity index (χ1n) is 4.66. The molecule has 0 N–H and O–H groups in total. The Morgan fingerprint density at radius 3 is 2.60 bits per heavy atom. The van der Waals surface area contributed by atoms with E-state index in [2.05, 4.69) is 0 Å². The molecule has 0 saturated heterocycles. The highest BCUT2D eigenvalue weighted by Gasteiger charge is 2.08. The molecule has 0 saturated carbocycles. The van der Waals surface area contributed by atoms with Crippen molar-refractivity contribution in [1.82, 2.24) is 0 Å². The van der Waals surface area contributed by atoms with Gasteiger partial charge in [0.25, 0.3) is 0 Å². The number of benzene rings is 1. The molecule has 0 atom stereocenters. The van der Waals surface area contributed by atoms with E-state index in [-0.39, 0.29) is 0 Å². The van der Waals surface area contributed by atoms with E-state index < -0.39 is 0 Å². The molecule has 82 valence electrons. The summed E-state index contributed by atoms with van der Waals surface area (Å²) in [5.41, 5.74) is 1.88. The van der Waals surface area contributed by atoms with E-state index in [1.54, 1.807) is 6.07 Å². The van der Waals surface area contributed by atoms with Crippen molar-refractivity contribution in [1.29, 1.82) is 0 Å². The third-order valence-corrected chi connectivity index (χ3v) is 2.93. The van der Waals surface area contributed by atoms with E-state index in [4.69, 9.17) is 23.2 Å². The normalized spacial score (nSPS) is 10.1. The monoisotopic (exact) mass is 245 g/mol. The van der Waals surface area contributed by atoms with Gasteiger partial charge in [-0.2, -0.15) is 0 Å². The fourth-order valence-corrected chi connectivity index (χ4v) is 1.83. The smallest absolute Gasteiger partial charge is 0.121 e. The number of aryl methyl sites for hydroxylation is 1. The van der Waals surface area contributed by atoms with Crippen molar-refractivity contribution in [3.05, 3.63) is 27.7 Å². The Balaban J connectivity index is 2.93. The van der Waals surface area contributed by atoms with Crippen LogP contribution in [0.25, 0.3) is 0 Å². The third kappa shape index (κ3) is 3.11. The summed E-state index contributed by atoms with van der Waals surface area (Å²) in [5, 5.41) is 1.27. The van der Waals surface area contributed by atoms with Gasteiger partial charge in [0, 0.05) is 25.0 Å². The Kier molecular flexibility index (Phi) is 4.43. The van der Waals surface area contributed by atoms with E-state index >= 15 is 0 Å². The number of nitrogens with zero attached hydrogens (tertiary/aromatic N) is 1. The molecule has 0 aliphatic rings. The van der Waals surface area contributed by atoms with E-state index in [0.717, 1.165) is 17.5 Å². The molecular weight excluding hydrogens is 233 g/mol. The predicted molar refractivity (Wildman–Crippen MR) is 65.2 cm³/mol. The van der Waals surface area contributed by atoms with Crippen LogP contribution in [0.15, 0.2) is 12.1 Å². The second-order valence-corrected chi connectivity index (χ2v) is 4.24. The van der Waals surface area contributed by atoms with Crippen molar-refractivity contribution in [3.8, 4) is 0 Å². The van der Waals surface area contributed by atoms with Gasteiger partial charge in [-0.15, -0.1) is 0 Å². The summed E-state index contributed by atoms with van der Waals surface area (Å²) in [5.74, 6) is 0. The van der Waals surface area contributed by atoms with Gasteiger partial charge in [-0.3, -0.25) is 0 Å². The Morgan fingerprint density at radius 2 is 2.00 bits per heavy atom. The SMILES string of the molecule is Cc1cc(N(C)CCC=O)c(Cl)cc1Cl. The summed E-state index contributed by atoms with van der Waals surface area (Å²) in [7, 11) is 1.90. The van der Waals surface area contributed by atoms with Gasteiger partial charge in [0.15, 0.2) is 0 Å². The zero-order valence-corrected chi connectivity index (χ0v) is 10.3. The minimum atomic E-state index is 0.495. The van der Waals surface area contributed by atoms with Crippen molar-refractivity contribution in [2.75, 3.05) is 18.5 Å². The lowest BCUT2D eigenvalue weighted by molar-refractivity contribution is -0.107. The highest BCUT2D eigenvalue weighted by atomic mass is 35.5. The van der Waals surface area contributed by atoms with Crippen LogP contribution in [-0.2, 0) is 4.79 Å². The van der Waals surface area contributed by atoms with Gasteiger partial charge in [-0.25, -0.2) is 0 Å². The summed E-state index contributed by atoms with van der Waals surface area (Å²) in [6.45, 7) is 2.58. The zero-order chi connectivity index (χ0) is 11.4. The van der Waals surface area contributed by atoms with E-state index in [0.29, 0.717) is 23.0 Å². The predicted octanol–water partition coefficient (Wildman–Crippen LogP) is 3.33. The van der Waals surface area contributed by atoms with Crippen LogP contribution in [0.2, 0.25) is 10.0 Å². The van der Waals surface area contributed by atoms with Crippen molar-refractivity contribution in [3.63, 3.8) is 0 Å². The molecule has 0 bridgehead atoms. The molecule has 1 aromatic carbocycles. The number of hydrogen-bond donors (Lipinski definition) is 0. The van der Waals surface area contributed by atoms with Crippen LogP contribution in [0, 0.1) is 6.92 Å². The maximum atomic E-state index is 10.3. The van der Waals surface area contributed by atoms with Gasteiger partial charge in [0.05, 0.1) is 10.7 Å². The first kappa shape index (κ1) is 12.3. The van der Waals surface area contributed by atoms with Gasteiger partial charge in [-0.1, -0.05) is 23.2 Å². The Labute approximate surface area is 99.8 Å². The lowest BCUT2D eigenvalue weighted by Crippen LogP contribution is -2.19. The number of carbonyl (C=O) groups is 1. The molecule has 0 heterocycles. The van der Waals surface area contributed by atoms with Crippen molar-refractivity contribution in [2.45, 2.75) is 13.3 Å². The van der Waals surface area contributed by atoms with Crippen LogP contribution in [0.4, 0.5) is 5.69 Å². The minimum absolute atomic E-state index is 0.495. The highest BCUT2D eigenvalue weighted by Crippen LogP contribution is 2.30. The highest BCUT2D eigenvalue weighted by molar-refractivity contribution is 6.36. The Bertz CT molecular complexity index is 366. The molecule has 0 aliphatic carbocycles. The maximum absolute atomic E-state index is 10.3. The van der Waals surface area contributed by atoms with Crippen LogP contribution < -0.4 is 4.90 Å². The summed E-state index contributed by atoms with van der Waals surface area (Å²) < 4.78 is 0. The maximum Gasteiger partial charge on any atom is 0.121 e. The molecule has 2 nitrogen and oxygen atoms in total. The standard InChI is InChI=1S/C11H13Cl2NO/c1-8-6-11(10(13)7-9(8)12)14(2)4-3-5-15/h5-7H,3-4H2,1-2H3. The molecular formula is C11H13Cl2NO. The fraction of sp³-hybridized carbons (Fsp3) is 0.364. The molecule has 0 amide bonds. The molecule has 0 aliphatic heterocycles. The summed E-state index contributed by atoms with van der Waals surface area (Å²) in [6, 6.07) is 3.65. The van der Waals surface area contributed by atoms with E-state index in [9.17, 15) is 4.79 Å². The average Bonchev–Trinajstić information content (AvgIpc) is 2.20. The van der Waals surface area contributed by atoms with Gasteiger partial charge in [0.1, 0.15) is 6.29 Å². The molecule has 15 heavy (non-hydrogen) atoms. The molecule has 0 fully saturated rings. The number of hydrogen-bond acceptors (Lipinski definition) is 2. The number of halogens is 2. The summed E-state index contributed by atoms with van der Waals surface area (Å²) in [4.78, 5) is 12.2.